The van der Waals surface area contributed by atoms with Gasteiger partial charge in [-0.3, -0.25) is 0 Å². The molecule has 0 heterocycles. The van der Waals surface area contributed by atoms with Crippen molar-refractivity contribution in [2.24, 2.45) is 0 Å². The van der Waals surface area contributed by atoms with Crippen LogP contribution in [0.4, 0.5) is 0 Å². The summed E-state index contributed by atoms with van der Waals surface area (Å²) in [5.74, 6) is 0. The van der Waals surface area contributed by atoms with E-state index in [2.05, 4.69) is 37.5 Å². The summed E-state index contributed by atoms with van der Waals surface area (Å²) in [7, 11) is -1.24. The minimum absolute atomic E-state index is 0.217. The van der Waals surface area contributed by atoms with E-state index in [-0.39, 0.29) is 13.2 Å². The molecule has 0 aromatic heterocycles. The molecule has 0 bridgehead atoms. The molecule has 0 saturated carbocycles. The van der Waals surface area contributed by atoms with Crippen molar-refractivity contribution in [1.82, 2.24) is 0 Å². The predicted octanol–water partition coefficient (Wildman–Crippen LogP) is 2.46. The molecule has 0 aliphatic rings. The minimum atomic E-state index is -1.24. The highest BCUT2D eigenvalue weighted by molar-refractivity contribution is 7.74. The van der Waals surface area contributed by atoms with E-state index in [0.29, 0.717) is 0 Å². The van der Waals surface area contributed by atoms with Crippen molar-refractivity contribution >= 4 is 13.3 Å². The highest BCUT2D eigenvalue weighted by Gasteiger charge is 2.30. The van der Waals surface area contributed by atoms with Gasteiger partial charge in [-0.1, -0.05) is 36.9 Å². The number of hydrogen-bond donors (Lipinski definition) is 2. The first-order valence-electron chi connectivity index (χ1n) is 5.90. The molecule has 17 heavy (non-hydrogen) atoms. The summed E-state index contributed by atoms with van der Waals surface area (Å²) in [6.07, 6.45) is 4.48. The van der Waals surface area contributed by atoms with Crippen molar-refractivity contribution in [2.75, 3.05) is 32.2 Å². The topological polar surface area (TPSA) is 40.5 Å². The number of hydrogen-bond acceptors (Lipinski definition) is 2. The van der Waals surface area contributed by atoms with E-state index in [1.165, 1.54) is 5.56 Å². The molecule has 0 amide bonds. The lowest BCUT2D eigenvalue weighted by molar-refractivity contribution is 0.314. The van der Waals surface area contributed by atoms with Crippen LogP contribution in [0.5, 0.6) is 0 Å². The maximum Gasteiger partial charge on any atom is 0.0841 e. The van der Waals surface area contributed by atoms with E-state index in [0.717, 1.165) is 24.0 Å². The molecule has 0 fully saturated rings. The second-order valence-electron chi connectivity index (χ2n) is 4.62. The van der Waals surface area contributed by atoms with Crippen LogP contribution in [0, 0.1) is 0 Å². The van der Waals surface area contributed by atoms with Crippen LogP contribution in [0.2, 0.25) is 0 Å². The van der Waals surface area contributed by atoms with Crippen LogP contribution < -0.4 is 0 Å². The van der Waals surface area contributed by atoms with Crippen molar-refractivity contribution in [2.45, 2.75) is 6.16 Å². The Morgan fingerprint density at radius 1 is 1.12 bits per heavy atom. The zero-order chi connectivity index (χ0) is 12.7. The quantitative estimate of drug-likeness (QED) is 0.733. The number of aliphatic hydroxyl groups excluding tert-OH is 2. The summed E-state index contributed by atoms with van der Waals surface area (Å²) in [6, 6.07) is 8.35. The van der Waals surface area contributed by atoms with Gasteiger partial charge in [0.1, 0.15) is 0 Å². The van der Waals surface area contributed by atoms with Gasteiger partial charge in [-0.25, -0.2) is 0 Å². The summed E-state index contributed by atoms with van der Waals surface area (Å²) >= 11 is 0. The maximum atomic E-state index is 9.12. The fourth-order valence-electron chi connectivity index (χ4n) is 1.95. The van der Waals surface area contributed by atoms with Gasteiger partial charge in [-0.15, -0.1) is 0 Å². The van der Waals surface area contributed by atoms with Gasteiger partial charge in [0, 0.05) is 13.9 Å². The molecule has 1 aromatic carbocycles. The first-order valence-corrected chi connectivity index (χ1v) is 8.69. The lowest BCUT2D eigenvalue weighted by Crippen LogP contribution is -2.10. The average molecular weight is 253 g/mol. The van der Waals surface area contributed by atoms with Gasteiger partial charge in [0.15, 0.2) is 0 Å². The molecular formula is C14H22O2P+. The SMILES string of the molecule is C=Cc1ccc(C[P+](C)(CCO)CCO)cc1. The van der Waals surface area contributed by atoms with E-state index in [1.807, 2.05) is 6.08 Å². The van der Waals surface area contributed by atoms with E-state index in [4.69, 9.17) is 10.2 Å². The van der Waals surface area contributed by atoms with E-state index >= 15 is 0 Å². The molecule has 1 aromatic rings. The Morgan fingerprint density at radius 3 is 2.06 bits per heavy atom. The molecule has 94 valence electrons. The first kappa shape index (κ1) is 14.4. The Labute approximate surface area is 104 Å². The number of aliphatic hydroxyl groups is 2. The smallest absolute Gasteiger partial charge is 0.0841 e. The van der Waals surface area contributed by atoms with Crippen LogP contribution in [0.15, 0.2) is 30.8 Å². The van der Waals surface area contributed by atoms with Gasteiger partial charge in [-0.2, -0.15) is 0 Å². The van der Waals surface area contributed by atoms with Crippen molar-refractivity contribution in [3.63, 3.8) is 0 Å². The molecule has 2 N–H and O–H groups in total. The van der Waals surface area contributed by atoms with Gasteiger partial charge < -0.3 is 10.2 Å². The van der Waals surface area contributed by atoms with Gasteiger partial charge in [0.05, 0.1) is 31.7 Å². The van der Waals surface area contributed by atoms with Crippen LogP contribution in [0.25, 0.3) is 6.08 Å². The van der Waals surface area contributed by atoms with Gasteiger partial charge in [-0.05, 0) is 11.1 Å². The van der Waals surface area contributed by atoms with E-state index < -0.39 is 7.26 Å². The molecule has 1 rings (SSSR count). The zero-order valence-corrected chi connectivity index (χ0v) is 11.4. The fraction of sp³-hybridized carbons (Fsp3) is 0.429. The highest BCUT2D eigenvalue weighted by Crippen LogP contribution is 2.57. The molecule has 0 spiro atoms. The first-order chi connectivity index (χ1) is 8.13. The Balaban J connectivity index is 2.74. The summed E-state index contributed by atoms with van der Waals surface area (Å²) in [4.78, 5) is 0. The molecule has 0 aliphatic carbocycles. The lowest BCUT2D eigenvalue weighted by Gasteiger charge is -2.21. The Hall–Kier alpha value is -0.690. The van der Waals surface area contributed by atoms with Crippen molar-refractivity contribution in [1.29, 1.82) is 0 Å². The largest absolute Gasteiger partial charge is 0.393 e. The molecule has 3 heteroatoms. The predicted molar refractivity (Wildman–Crippen MR) is 77.0 cm³/mol. The van der Waals surface area contributed by atoms with Crippen molar-refractivity contribution < 1.29 is 10.2 Å². The third-order valence-electron chi connectivity index (χ3n) is 3.06. The van der Waals surface area contributed by atoms with Crippen molar-refractivity contribution in [3.8, 4) is 0 Å². The Morgan fingerprint density at radius 2 is 1.65 bits per heavy atom. The third-order valence-corrected chi connectivity index (χ3v) is 6.75. The van der Waals surface area contributed by atoms with Crippen molar-refractivity contribution in [3.05, 3.63) is 42.0 Å². The maximum absolute atomic E-state index is 9.12. The second-order valence-corrected chi connectivity index (χ2v) is 9.07. The standard InChI is InChI=1S/C14H22O2P/c1-3-13-4-6-14(7-5-13)12-17(2,10-8-15)11-9-16/h3-7,15-16H,1,8-12H2,2H3/q+1. The summed E-state index contributed by atoms with van der Waals surface area (Å²) in [6.45, 7) is 6.39. The van der Waals surface area contributed by atoms with Crippen LogP contribution >= 0.6 is 7.26 Å². The molecule has 0 unspecified atom stereocenters. The lowest BCUT2D eigenvalue weighted by atomic mass is 10.1. The van der Waals surface area contributed by atoms with E-state index in [1.54, 1.807) is 0 Å². The average Bonchev–Trinajstić information content (AvgIpc) is 2.30. The Bertz CT molecular complexity index is 340. The molecule has 0 saturated heterocycles. The number of benzene rings is 1. The van der Waals surface area contributed by atoms with Gasteiger partial charge in [0.2, 0.25) is 0 Å². The monoisotopic (exact) mass is 253 g/mol. The molecule has 2 nitrogen and oxygen atoms in total. The summed E-state index contributed by atoms with van der Waals surface area (Å²) in [5.41, 5.74) is 2.41. The highest BCUT2D eigenvalue weighted by atomic mass is 31.2. The number of rotatable bonds is 7. The summed E-state index contributed by atoms with van der Waals surface area (Å²) in [5, 5.41) is 18.2. The molecule has 0 atom stereocenters. The second kappa shape index (κ2) is 6.90. The Kier molecular flexibility index (Phi) is 5.84. The fourth-order valence-corrected chi connectivity index (χ4v) is 4.55. The van der Waals surface area contributed by atoms with Crippen LogP contribution in [0.1, 0.15) is 11.1 Å². The zero-order valence-electron chi connectivity index (χ0n) is 10.5. The van der Waals surface area contributed by atoms with E-state index in [9.17, 15) is 0 Å². The summed E-state index contributed by atoms with van der Waals surface area (Å²) < 4.78 is 0. The third kappa shape index (κ3) is 4.59. The molecule has 0 aliphatic heterocycles. The van der Waals surface area contributed by atoms with Crippen LogP contribution in [-0.4, -0.2) is 42.4 Å². The normalized spacial score (nSPS) is 11.5. The van der Waals surface area contributed by atoms with Crippen LogP contribution in [-0.2, 0) is 6.16 Å². The molecule has 0 radical (unpaired) electrons. The van der Waals surface area contributed by atoms with Gasteiger partial charge >= 0.3 is 0 Å². The van der Waals surface area contributed by atoms with Crippen LogP contribution in [0.3, 0.4) is 0 Å². The molecular weight excluding hydrogens is 231 g/mol. The van der Waals surface area contributed by atoms with Gasteiger partial charge in [0.25, 0.3) is 0 Å². The minimum Gasteiger partial charge on any atom is -0.393 e.